The lowest BCUT2D eigenvalue weighted by Crippen LogP contribution is -2.38. The van der Waals surface area contributed by atoms with Gasteiger partial charge in [0.15, 0.2) is 11.6 Å². The maximum atomic E-state index is 12.3. The topological polar surface area (TPSA) is 461 Å². The minimum Gasteiger partial charge on any atom is -0.450 e. The van der Waals surface area contributed by atoms with Crippen molar-refractivity contribution in [2.75, 3.05) is 100.0 Å². The van der Waals surface area contributed by atoms with Crippen LogP contribution in [-0.4, -0.2) is 196 Å². The SMILES string of the molecule is CCNC(=O)Nc1cccc(-c2n[nH]c3ccc(-c4ncn[nH]4)cc23)c1.CCOC(=O)Nc1cccc(-c2n[nH]c3ccc(-c4ncn[nH]4)cc23)c1.NC(=O)c1ccc2[nH]nc(-c3cccc(NC(=O)NCCCN4CCCCC4)c3)c2c1.NC(=O)c1ccc2[nH]nc(-c3cccc(NC(=O)NCCCN4CCOCC4)c3)c2c1. The number of amides is 9. The van der Waals surface area contributed by atoms with Crippen molar-refractivity contribution >= 4 is 102 Å². The van der Waals surface area contributed by atoms with E-state index >= 15 is 0 Å². The van der Waals surface area contributed by atoms with Gasteiger partial charge in [-0.3, -0.25) is 50.4 Å². The normalized spacial score (nSPS) is 12.8. The molecular formula is C81H87N25O8. The number of aromatic amines is 6. The van der Waals surface area contributed by atoms with Crippen molar-refractivity contribution < 1.29 is 38.2 Å². The van der Waals surface area contributed by atoms with Crippen molar-refractivity contribution in [1.82, 2.24) is 96.9 Å². The highest BCUT2D eigenvalue weighted by molar-refractivity contribution is 6.04. The number of hydrogen-bond acceptors (Lipinski definition) is 18. The van der Waals surface area contributed by atoms with Gasteiger partial charge in [-0.15, -0.1) is 0 Å². The van der Waals surface area contributed by atoms with Crippen LogP contribution >= 0.6 is 0 Å². The van der Waals surface area contributed by atoms with Crippen molar-refractivity contribution in [3.8, 4) is 67.8 Å². The lowest BCUT2D eigenvalue weighted by Gasteiger charge is -2.26. The second-order valence-corrected chi connectivity index (χ2v) is 26.7. The van der Waals surface area contributed by atoms with Gasteiger partial charge in [0.2, 0.25) is 11.8 Å². The molecule has 0 unspecified atom stereocenters. The molecule has 0 spiro atoms. The number of H-pyrrole nitrogens is 6. The molecule has 16 rings (SSSR count). The highest BCUT2D eigenvalue weighted by atomic mass is 16.5. The highest BCUT2D eigenvalue weighted by Crippen LogP contribution is 2.35. The van der Waals surface area contributed by atoms with Crippen molar-refractivity contribution in [2.45, 2.75) is 46.0 Å². The molecule has 0 atom stereocenters. The summed E-state index contributed by atoms with van der Waals surface area (Å²) in [6, 6.07) is 51.4. The molecule has 0 radical (unpaired) electrons. The van der Waals surface area contributed by atoms with Gasteiger partial charge in [0, 0.05) is 122 Å². The van der Waals surface area contributed by atoms with Gasteiger partial charge in [-0.25, -0.2) is 29.1 Å². The third kappa shape index (κ3) is 20.4. The summed E-state index contributed by atoms with van der Waals surface area (Å²) in [5.41, 5.74) is 26.0. The Bertz CT molecular complexity index is 5280. The fourth-order valence-electron chi connectivity index (χ4n) is 13.2. The Morgan fingerprint density at radius 1 is 0.421 bits per heavy atom. The number of nitrogens with two attached hydrogens (primary N) is 2. The summed E-state index contributed by atoms with van der Waals surface area (Å²) in [4.78, 5) is 84.1. The zero-order valence-corrected chi connectivity index (χ0v) is 62.7. The minimum absolute atomic E-state index is 0.223. The number of carbonyl (C=O) groups excluding carboxylic acids is 6. The molecule has 8 aromatic carbocycles. The number of rotatable bonds is 22. The molecule has 17 N–H and O–H groups in total. The Hall–Kier alpha value is -14.2. The average Bonchev–Trinajstić information content (AvgIpc) is 1.66. The van der Waals surface area contributed by atoms with Crippen molar-refractivity contribution in [3.05, 3.63) is 194 Å². The van der Waals surface area contributed by atoms with E-state index in [1.54, 1.807) is 49.4 Å². The van der Waals surface area contributed by atoms with E-state index in [9.17, 15) is 28.8 Å². The van der Waals surface area contributed by atoms with E-state index in [0.29, 0.717) is 83.2 Å². The number of morpholine rings is 1. The smallest absolute Gasteiger partial charge is 0.411 e. The van der Waals surface area contributed by atoms with Crippen molar-refractivity contribution in [1.29, 1.82) is 0 Å². The van der Waals surface area contributed by atoms with Crippen LogP contribution in [-0.2, 0) is 9.47 Å². The highest BCUT2D eigenvalue weighted by Gasteiger charge is 2.19. The average molecular weight is 1540 g/mol. The molecule has 33 nitrogen and oxygen atoms in total. The van der Waals surface area contributed by atoms with E-state index in [0.717, 1.165) is 141 Å². The van der Waals surface area contributed by atoms with Gasteiger partial charge in [-0.2, -0.15) is 30.6 Å². The predicted molar refractivity (Wildman–Crippen MR) is 438 cm³/mol. The number of benzene rings is 8. The maximum Gasteiger partial charge on any atom is 0.411 e. The second kappa shape index (κ2) is 38.0. The lowest BCUT2D eigenvalue weighted by molar-refractivity contribution is 0.0375. The number of fused-ring (bicyclic) bond motifs is 4. The summed E-state index contributed by atoms with van der Waals surface area (Å²) in [6.07, 6.45) is 8.18. The van der Waals surface area contributed by atoms with Crippen LogP contribution in [0.2, 0.25) is 0 Å². The Morgan fingerprint density at radius 2 is 0.798 bits per heavy atom. The first-order valence-electron chi connectivity index (χ1n) is 37.4. The van der Waals surface area contributed by atoms with Crippen LogP contribution in [0.1, 0.15) is 66.7 Å². The molecule has 9 amide bonds. The molecule has 8 heterocycles. The third-order valence-corrected chi connectivity index (χ3v) is 18.8. The summed E-state index contributed by atoms with van der Waals surface area (Å²) in [6.45, 7) is 13.5. The van der Waals surface area contributed by atoms with Crippen LogP contribution in [0.5, 0.6) is 0 Å². The maximum absolute atomic E-state index is 12.3. The summed E-state index contributed by atoms with van der Waals surface area (Å²) >= 11 is 0. The summed E-state index contributed by atoms with van der Waals surface area (Å²) in [5, 5.41) is 66.5. The monoisotopic (exact) mass is 1540 g/mol. The van der Waals surface area contributed by atoms with Crippen molar-refractivity contribution in [2.24, 2.45) is 11.5 Å². The van der Waals surface area contributed by atoms with E-state index in [-0.39, 0.29) is 18.1 Å². The molecule has 2 aliphatic heterocycles. The molecule has 2 saturated heterocycles. The van der Waals surface area contributed by atoms with Gasteiger partial charge in [0.25, 0.3) is 0 Å². The van der Waals surface area contributed by atoms with Gasteiger partial charge >= 0.3 is 24.2 Å². The van der Waals surface area contributed by atoms with Gasteiger partial charge < -0.3 is 57.7 Å². The van der Waals surface area contributed by atoms with E-state index in [2.05, 4.69) is 118 Å². The number of nitrogens with one attached hydrogen (secondary N) is 13. The van der Waals surface area contributed by atoms with E-state index in [1.807, 2.05) is 134 Å². The van der Waals surface area contributed by atoms with Gasteiger partial charge in [-0.05, 0) is 187 Å². The van der Waals surface area contributed by atoms with Crippen LogP contribution < -0.4 is 48.7 Å². The van der Waals surface area contributed by atoms with Gasteiger partial charge in [0.1, 0.15) is 12.7 Å². The predicted octanol–water partition coefficient (Wildman–Crippen LogP) is 12.2. The zero-order chi connectivity index (χ0) is 79.1. The molecule has 0 aliphatic carbocycles. The Morgan fingerprint density at radius 3 is 1.18 bits per heavy atom. The fraction of sp³-hybridized carbons (Fsp3) is 0.235. The third-order valence-electron chi connectivity index (χ3n) is 18.8. The Kier molecular flexibility index (Phi) is 26.0. The number of urea groups is 3. The first-order valence-corrected chi connectivity index (χ1v) is 37.4. The number of hydrogen-bond donors (Lipinski definition) is 15. The van der Waals surface area contributed by atoms with Gasteiger partial charge in [-0.1, -0.05) is 55.0 Å². The number of piperidine rings is 1. The van der Waals surface area contributed by atoms with Crippen LogP contribution in [0, 0.1) is 0 Å². The number of primary amides is 2. The lowest BCUT2D eigenvalue weighted by atomic mass is 10.0. The van der Waals surface area contributed by atoms with Crippen LogP contribution in [0.3, 0.4) is 0 Å². The molecular weight excluding hydrogens is 1450 g/mol. The Balaban J connectivity index is 0.000000133. The van der Waals surface area contributed by atoms with Crippen LogP contribution in [0.4, 0.5) is 41.9 Å². The fourth-order valence-corrected chi connectivity index (χ4v) is 13.2. The first kappa shape index (κ1) is 78.0. The largest absolute Gasteiger partial charge is 0.450 e. The summed E-state index contributed by atoms with van der Waals surface area (Å²) < 4.78 is 10.3. The standard InChI is InChI=1S/C23H28N6O2.C22H26N6O3.C18H17N7O.C18H16N6O2/c24-22(30)17-8-9-20-19(15-17)21(28-27-20)16-6-4-7-18(14-16)26-23(31)25-10-5-13-29-11-2-1-3-12-29;23-21(29)16-5-6-19-18(14-16)20(27-26-19)15-3-1-4-17(13-15)25-22(30)24-7-2-8-28-9-11-31-12-10-28;1-2-19-18(26)22-13-5-3-4-11(8-13)16-14-9-12(17-20-10-21-25-17)6-7-15(14)23-24-16;1-2-26-18(25)21-13-5-3-4-11(8-13)16-14-9-12(17-19-10-20-24-17)6-7-15(14)22-23-16/h4,6-9,14-15H,1-3,5,10-13H2,(H2,24,30)(H,27,28)(H2,25,26,31);1,3-6,13-14H,2,7-12H2,(H2,23,29)(H,26,27)(H2,24,25,30);3-10H,2H2,1H3,(H,23,24)(H2,19,22,26)(H,20,21,25);3-10H,2H2,1H3,(H,21,25)(H,22,23)(H,19,20,24). The molecule has 2 fully saturated rings. The molecule has 0 bridgehead atoms. The number of anilines is 4. The molecule has 584 valence electrons. The number of ether oxygens (including phenoxy) is 2. The molecule has 33 heteroatoms. The quantitative estimate of drug-likeness (QED) is 0.0280. The van der Waals surface area contributed by atoms with E-state index in [1.165, 1.54) is 45.0 Å². The number of aromatic nitrogens is 14. The number of nitrogens with zero attached hydrogens (tertiary/aromatic N) is 10. The number of likely N-dealkylation sites (tertiary alicyclic amines) is 1. The summed E-state index contributed by atoms with van der Waals surface area (Å²) in [7, 11) is 0. The van der Waals surface area contributed by atoms with E-state index in [4.69, 9.17) is 20.9 Å². The molecule has 14 aromatic rings. The minimum atomic E-state index is -0.491. The zero-order valence-electron chi connectivity index (χ0n) is 62.7. The Labute approximate surface area is 653 Å². The molecule has 6 aromatic heterocycles. The summed E-state index contributed by atoms with van der Waals surface area (Å²) in [5.74, 6) is 0.415. The second-order valence-electron chi connectivity index (χ2n) is 26.7. The molecule has 0 saturated carbocycles. The number of carbonyl (C=O) groups is 6. The van der Waals surface area contributed by atoms with Crippen LogP contribution in [0.25, 0.3) is 111 Å². The van der Waals surface area contributed by atoms with Crippen LogP contribution in [0.15, 0.2) is 183 Å². The first-order chi connectivity index (χ1) is 55.7. The van der Waals surface area contributed by atoms with Crippen molar-refractivity contribution in [3.63, 3.8) is 0 Å². The molecule has 2 aliphatic rings. The molecule has 114 heavy (non-hydrogen) atoms. The van der Waals surface area contributed by atoms with E-state index < -0.39 is 17.9 Å². The van der Waals surface area contributed by atoms with Gasteiger partial charge in [0.05, 0.1) is 64.7 Å².